The fraction of sp³-hybridized carbons (Fsp3) is 0.0526. The van der Waals surface area contributed by atoms with Crippen LogP contribution in [-0.4, -0.2) is 33.7 Å². The highest BCUT2D eigenvalue weighted by atomic mass is 16.7. The summed E-state index contributed by atoms with van der Waals surface area (Å²) in [6, 6.07) is 9.62. The standard InChI is InChI=1S/C19H13N3O5/c1-10-7-16-21-18(23)14(17(20)22(16)27-10)9-13-5-6-15(26-13)11-3-2-4-12(8-11)19(24)25/h2-9,20H,1H3,(H,24,25)/b14-9-,20-17?. The van der Waals surface area contributed by atoms with Gasteiger partial charge < -0.3 is 14.4 Å². The molecule has 8 heteroatoms. The van der Waals surface area contributed by atoms with Crippen molar-refractivity contribution in [1.82, 2.24) is 5.06 Å². The van der Waals surface area contributed by atoms with Crippen molar-refractivity contribution in [3.05, 3.63) is 65.1 Å². The Morgan fingerprint density at radius 1 is 1.30 bits per heavy atom. The van der Waals surface area contributed by atoms with Crippen molar-refractivity contribution in [2.75, 3.05) is 0 Å². The monoisotopic (exact) mass is 363 g/mol. The van der Waals surface area contributed by atoms with Gasteiger partial charge in [-0.3, -0.25) is 10.2 Å². The molecule has 3 heterocycles. The number of amides is 1. The minimum absolute atomic E-state index is 0.0297. The van der Waals surface area contributed by atoms with Crippen LogP contribution < -0.4 is 0 Å². The number of furan rings is 1. The summed E-state index contributed by atoms with van der Waals surface area (Å²) in [7, 11) is 0. The quantitative estimate of drug-likeness (QED) is 0.810. The summed E-state index contributed by atoms with van der Waals surface area (Å²) < 4.78 is 5.70. The van der Waals surface area contributed by atoms with E-state index in [0.717, 1.165) is 0 Å². The molecule has 4 rings (SSSR count). The number of allylic oxidation sites excluding steroid dienone is 1. The number of hydrogen-bond acceptors (Lipinski definition) is 5. The number of carboxylic acid groups (broad SMARTS) is 1. The predicted octanol–water partition coefficient (Wildman–Crippen LogP) is 3.10. The fourth-order valence-corrected chi connectivity index (χ4v) is 2.73. The van der Waals surface area contributed by atoms with E-state index in [1.54, 1.807) is 37.3 Å². The first kappa shape index (κ1) is 16.5. The summed E-state index contributed by atoms with van der Waals surface area (Å²) in [6.07, 6.45) is 2.98. The third kappa shape index (κ3) is 2.93. The van der Waals surface area contributed by atoms with E-state index in [9.17, 15) is 9.59 Å². The van der Waals surface area contributed by atoms with E-state index in [1.165, 1.54) is 23.3 Å². The molecular formula is C19H13N3O5. The number of benzene rings is 1. The van der Waals surface area contributed by atoms with Gasteiger partial charge >= 0.3 is 5.97 Å². The number of rotatable bonds is 3. The summed E-state index contributed by atoms with van der Waals surface area (Å²) in [4.78, 5) is 32.6. The Morgan fingerprint density at radius 2 is 2.11 bits per heavy atom. The molecule has 0 atom stereocenters. The molecule has 1 amide bonds. The molecule has 0 aliphatic carbocycles. The van der Waals surface area contributed by atoms with Crippen LogP contribution in [0.25, 0.3) is 17.4 Å². The van der Waals surface area contributed by atoms with Crippen LogP contribution in [0.5, 0.6) is 0 Å². The van der Waals surface area contributed by atoms with E-state index >= 15 is 0 Å². The number of carbonyl (C=O) groups excluding carboxylic acids is 1. The zero-order chi connectivity index (χ0) is 19.1. The van der Waals surface area contributed by atoms with Gasteiger partial charge in [-0.1, -0.05) is 12.1 Å². The lowest BCUT2D eigenvalue weighted by Gasteiger charge is -2.22. The molecule has 2 aromatic rings. The van der Waals surface area contributed by atoms with Crippen LogP contribution in [0.2, 0.25) is 0 Å². The first-order valence-electron chi connectivity index (χ1n) is 7.96. The largest absolute Gasteiger partial charge is 0.478 e. The van der Waals surface area contributed by atoms with Crippen LogP contribution in [0, 0.1) is 5.41 Å². The van der Waals surface area contributed by atoms with Gasteiger partial charge in [-0.15, -0.1) is 5.06 Å². The van der Waals surface area contributed by atoms with E-state index in [4.69, 9.17) is 19.8 Å². The van der Waals surface area contributed by atoms with Crippen molar-refractivity contribution < 1.29 is 24.0 Å². The molecule has 0 unspecified atom stereocenters. The minimum atomic E-state index is -1.03. The number of fused-ring (bicyclic) bond motifs is 1. The van der Waals surface area contributed by atoms with Crippen molar-refractivity contribution >= 4 is 29.6 Å². The maximum Gasteiger partial charge on any atom is 0.335 e. The van der Waals surface area contributed by atoms with Crippen LogP contribution in [0.1, 0.15) is 23.0 Å². The molecule has 1 aromatic heterocycles. The van der Waals surface area contributed by atoms with Crippen molar-refractivity contribution in [3.63, 3.8) is 0 Å². The molecule has 8 nitrogen and oxygen atoms in total. The first-order chi connectivity index (χ1) is 12.9. The SMILES string of the molecule is CC1=CC2=NC(=O)/C(=C\c3ccc(-c4cccc(C(=O)O)c4)o3)C(=N)N2O1. The van der Waals surface area contributed by atoms with Gasteiger partial charge in [-0.2, -0.15) is 4.99 Å². The average molecular weight is 363 g/mol. The minimum Gasteiger partial charge on any atom is -0.478 e. The zero-order valence-corrected chi connectivity index (χ0v) is 14.1. The smallest absolute Gasteiger partial charge is 0.335 e. The lowest BCUT2D eigenvalue weighted by Crippen LogP contribution is -2.38. The Kier molecular flexibility index (Phi) is 3.73. The Bertz CT molecular complexity index is 1090. The maximum atomic E-state index is 12.2. The average Bonchev–Trinajstić information content (AvgIpc) is 3.25. The van der Waals surface area contributed by atoms with Gasteiger partial charge in [-0.05, 0) is 37.3 Å². The second kappa shape index (κ2) is 6.10. The Balaban J connectivity index is 1.65. The van der Waals surface area contributed by atoms with Crippen LogP contribution in [0.4, 0.5) is 0 Å². The van der Waals surface area contributed by atoms with Crippen LogP contribution in [0.15, 0.2) is 63.2 Å². The van der Waals surface area contributed by atoms with Crippen molar-refractivity contribution in [1.29, 1.82) is 5.41 Å². The van der Waals surface area contributed by atoms with Crippen molar-refractivity contribution in [2.24, 2.45) is 4.99 Å². The number of carboxylic acids is 1. The van der Waals surface area contributed by atoms with E-state index in [0.29, 0.717) is 22.8 Å². The van der Waals surface area contributed by atoms with E-state index in [2.05, 4.69) is 4.99 Å². The molecule has 0 saturated heterocycles. The lowest BCUT2D eigenvalue weighted by atomic mass is 10.1. The highest BCUT2D eigenvalue weighted by Gasteiger charge is 2.34. The third-order valence-electron chi connectivity index (χ3n) is 3.99. The second-order valence-corrected chi connectivity index (χ2v) is 5.91. The normalized spacial score (nSPS) is 17.5. The van der Waals surface area contributed by atoms with Gasteiger partial charge in [0.15, 0.2) is 11.7 Å². The number of aromatic carboxylic acids is 1. The van der Waals surface area contributed by atoms with E-state index < -0.39 is 11.9 Å². The molecule has 2 aliphatic heterocycles. The topological polar surface area (TPSA) is 116 Å². The zero-order valence-electron chi connectivity index (χ0n) is 14.1. The molecule has 0 saturated carbocycles. The Hall–Kier alpha value is -3.94. The molecule has 2 N–H and O–H groups in total. The second-order valence-electron chi connectivity index (χ2n) is 5.91. The first-order valence-corrected chi connectivity index (χ1v) is 7.96. The molecule has 1 aromatic carbocycles. The van der Waals surface area contributed by atoms with Gasteiger partial charge in [0.1, 0.15) is 17.3 Å². The molecule has 0 spiro atoms. The van der Waals surface area contributed by atoms with Crippen LogP contribution in [-0.2, 0) is 9.63 Å². The number of amidine groups is 2. The number of aliphatic imine (C=N–C) groups is 1. The summed E-state index contributed by atoms with van der Waals surface area (Å²) in [5.41, 5.74) is 0.763. The van der Waals surface area contributed by atoms with Crippen molar-refractivity contribution in [3.8, 4) is 11.3 Å². The summed E-state index contributed by atoms with van der Waals surface area (Å²) in [5, 5.41) is 18.4. The van der Waals surface area contributed by atoms with E-state index in [-0.39, 0.29) is 22.8 Å². The highest BCUT2D eigenvalue weighted by Crippen LogP contribution is 2.27. The van der Waals surface area contributed by atoms with Gasteiger partial charge in [0, 0.05) is 11.6 Å². The molecule has 0 radical (unpaired) electrons. The number of hydrogen-bond donors (Lipinski definition) is 2. The molecule has 0 bridgehead atoms. The van der Waals surface area contributed by atoms with Gasteiger partial charge in [0.05, 0.1) is 11.1 Å². The molecule has 2 aliphatic rings. The Morgan fingerprint density at radius 3 is 2.89 bits per heavy atom. The van der Waals surface area contributed by atoms with Gasteiger partial charge in [-0.25, -0.2) is 4.79 Å². The molecule has 27 heavy (non-hydrogen) atoms. The third-order valence-corrected chi connectivity index (χ3v) is 3.99. The summed E-state index contributed by atoms with van der Waals surface area (Å²) >= 11 is 0. The molecule has 0 fully saturated rings. The Labute approximate surface area is 153 Å². The predicted molar refractivity (Wildman–Crippen MR) is 95.9 cm³/mol. The number of nitrogens with zero attached hydrogens (tertiary/aromatic N) is 2. The van der Waals surface area contributed by atoms with E-state index in [1.807, 2.05) is 0 Å². The van der Waals surface area contributed by atoms with Gasteiger partial charge in [0.25, 0.3) is 5.91 Å². The van der Waals surface area contributed by atoms with Crippen LogP contribution in [0.3, 0.4) is 0 Å². The summed E-state index contributed by atoms with van der Waals surface area (Å²) in [6.45, 7) is 1.70. The van der Waals surface area contributed by atoms with Gasteiger partial charge in [0.2, 0.25) is 0 Å². The number of nitrogens with one attached hydrogen (secondary N) is 1. The van der Waals surface area contributed by atoms with Crippen molar-refractivity contribution in [2.45, 2.75) is 6.92 Å². The highest BCUT2D eigenvalue weighted by molar-refractivity contribution is 6.32. The number of carbonyl (C=O) groups is 2. The molecular weight excluding hydrogens is 350 g/mol. The fourth-order valence-electron chi connectivity index (χ4n) is 2.73. The van der Waals surface area contributed by atoms with Crippen LogP contribution >= 0.6 is 0 Å². The summed E-state index contributed by atoms with van der Waals surface area (Å²) in [5.74, 6) is -0.151. The maximum absolute atomic E-state index is 12.2. The molecule has 134 valence electrons. The lowest BCUT2D eigenvalue weighted by molar-refractivity contribution is -0.114. The number of hydroxylamine groups is 2.